The molecule has 188 valence electrons. The average Bonchev–Trinajstić information content (AvgIpc) is 3.50. The molecule has 0 saturated carbocycles. The molecule has 0 fully saturated rings. The lowest BCUT2D eigenvalue weighted by Gasteiger charge is -2.44. The molecule has 7 nitrogen and oxygen atoms in total. The minimum absolute atomic E-state index is 0.0403. The monoisotopic (exact) mass is 513 g/mol. The predicted octanol–water partition coefficient (Wildman–Crippen LogP) is 3.58. The highest BCUT2D eigenvalue weighted by molar-refractivity contribution is 6.99. The third-order valence-electron chi connectivity index (χ3n) is 6.72. The Bertz CT molecular complexity index is 1450. The zero-order valence-corrected chi connectivity index (χ0v) is 21.9. The minimum atomic E-state index is -2.84. The molecule has 1 aliphatic heterocycles. The van der Waals surface area contributed by atoms with Crippen molar-refractivity contribution in [2.45, 2.75) is 37.6 Å². The highest BCUT2D eigenvalue weighted by Gasteiger charge is 2.52. The summed E-state index contributed by atoms with van der Waals surface area (Å²) < 4.78 is 28.9. The zero-order valence-electron chi connectivity index (χ0n) is 20.9. The Kier molecular flexibility index (Phi) is 6.19. The fourth-order valence-corrected chi connectivity index (χ4v) is 9.55. The number of imidazole rings is 1. The number of nitrogens with zero attached hydrogens (tertiary/aromatic N) is 4. The van der Waals surface area contributed by atoms with Crippen LogP contribution >= 0.6 is 0 Å². The highest BCUT2D eigenvalue weighted by atomic mass is 28.4. The maximum Gasteiger partial charge on any atom is 0.312 e. The number of ether oxygens (including phenoxy) is 1. The van der Waals surface area contributed by atoms with Gasteiger partial charge in [0.1, 0.15) is 0 Å². The SMILES string of the molecule is C#C[C@@]1(CO[Si](c2ccccc2)(c2ccccc2)C(C)(C)C)C=C[C@H](n2cnc3c(N)nc(F)nc32)O1. The van der Waals surface area contributed by atoms with E-state index in [9.17, 15) is 4.39 Å². The maximum atomic E-state index is 13.9. The quantitative estimate of drug-likeness (QED) is 0.184. The fourth-order valence-electron chi connectivity index (χ4n) is 4.96. The molecule has 0 saturated heterocycles. The van der Waals surface area contributed by atoms with Crippen LogP contribution in [0.5, 0.6) is 0 Å². The van der Waals surface area contributed by atoms with E-state index in [1.165, 1.54) is 6.33 Å². The molecule has 2 N–H and O–H groups in total. The summed E-state index contributed by atoms with van der Waals surface area (Å²) in [4.78, 5) is 11.6. The van der Waals surface area contributed by atoms with E-state index in [1.807, 2.05) is 42.5 Å². The van der Waals surface area contributed by atoms with Gasteiger partial charge in [-0.15, -0.1) is 6.42 Å². The first-order valence-corrected chi connectivity index (χ1v) is 13.9. The predicted molar refractivity (Wildman–Crippen MR) is 144 cm³/mol. The average molecular weight is 514 g/mol. The van der Waals surface area contributed by atoms with E-state index >= 15 is 0 Å². The third kappa shape index (κ3) is 4.23. The van der Waals surface area contributed by atoms with Gasteiger partial charge < -0.3 is 14.9 Å². The topological polar surface area (TPSA) is 88.1 Å². The molecule has 2 aromatic carbocycles. The van der Waals surface area contributed by atoms with E-state index in [0.717, 1.165) is 10.4 Å². The number of anilines is 1. The molecule has 37 heavy (non-hydrogen) atoms. The summed E-state index contributed by atoms with van der Waals surface area (Å²) in [5, 5.41) is 2.06. The van der Waals surface area contributed by atoms with Gasteiger partial charge in [0.15, 0.2) is 28.8 Å². The third-order valence-corrected chi connectivity index (χ3v) is 11.7. The number of hydrogen-bond donors (Lipinski definition) is 1. The van der Waals surface area contributed by atoms with Gasteiger partial charge in [0.25, 0.3) is 8.32 Å². The van der Waals surface area contributed by atoms with E-state index in [2.05, 4.69) is 65.9 Å². The maximum absolute atomic E-state index is 13.9. The Morgan fingerprint density at radius 1 is 1.11 bits per heavy atom. The molecule has 5 rings (SSSR count). The second kappa shape index (κ2) is 9.23. The van der Waals surface area contributed by atoms with Crippen LogP contribution in [0.4, 0.5) is 10.2 Å². The first kappa shape index (κ1) is 24.8. The van der Waals surface area contributed by atoms with Gasteiger partial charge in [-0.25, -0.2) is 4.98 Å². The number of fused-ring (bicyclic) bond motifs is 1. The van der Waals surface area contributed by atoms with Crippen LogP contribution in [0.15, 0.2) is 79.1 Å². The van der Waals surface area contributed by atoms with Gasteiger partial charge in [-0.05, 0) is 27.6 Å². The summed E-state index contributed by atoms with van der Waals surface area (Å²) >= 11 is 0. The van der Waals surface area contributed by atoms with Crippen LogP contribution in [0.3, 0.4) is 0 Å². The molecule has 2 aromatic heterocycles. The van der Waals surface area contributed by atoms with Gasteiger partial charge in [0, 0.05) is 0 Å². The smallest absolute Gasteiger partial charge is 0.312 e. The zero-order chi connectivity index (χ0) is 26.3. The van der Waals surface area contributed by atoms with E-state index in [-0.39, 0.29) is 23.1 Å². The number of terminal acetylenes is 1. The van der Waals surface area contributed by atoms with Gasteiger partial charge in [-0.2, -0.15) is 14.4 Å². The molecule has 0 radical (unpaired) electrons. The molecule has 0 bridgehead atoms. The van der Waals surface area contributed by atoms with Crippen LogP contribution in [-0.2, 0) is 9.16 Å². The van der Waals surface area contributed by atoms with Gasteiger partial charge in [-0.1, -0.05) is 87.4 Å². The molecule has 3 heterocycles. The van der Waals surface area contributed by atoms with E-state index < -0.39 is 26.2 Å². The highest BCUT2D eigenvalue weighted by Crippen LogP contribution is 2.39. The molecule has 0 amide bonds. The van der Waals surface area contributed by atoms with Gasteiger partial charge in [-0.3, -0.25) is 4.57 Å². The number of rotatable bonds is 6. The standard InChI is InChI=1S/C28H28FN5O2Si/c1-5-28(17-16-22(36-28)34-19-31-23-24(30)32-26(29)33-25(23)34)18-35-37(27(2,3)4,20-12-8-6-9-13-20)21-14-10-7-11-15-21/h1,6-17,19,22H,18H2,2-4H3,(H2,30,32,33)/t22-,28+/m1/s1. The number of halogens is 1. The van der Waals surface area contributed by atoms with E-state index in [1.54, 1.807) is 10.6 Å². The molecule has 0 aliphatic carbocycles. The summed E-state index contributed by atoms with van der Waals surface area (Å²) in [6, 6.07) is 20.6. The number of nitrogen functional groups attached to an aromatic ring is 1. The second-order valence-corrected chi connectivity index (χ2v) is 14.4. The van der Waals surface area contributed by atoms with E-state index in [4.69, 9.17) is 21.3 Å². The first-order valence-electron chi connectivity index (χ1n) is 11.9. The Morgan fingerprint density at radius 3 is 2.30 bits per heavy atom. The van der Waals surface area contributed by atoms with Crippen molar-refractivity contribution in [1.29, 1.82) is 0 Å². The van der Waals surface area contributed by atoms with Gasteiger partial charge >= 0.3 is 6.08 Å². The lowest BCUT2D eigenvalue weighted by Crippen LogP contribution is -2.67. The minimum Gasteiger partial charge on any atom is -0.403 e. The number of benzene rings is 2. The summed E-state index contributed by atoms with van der Waals surface area (Å²) in [5.74, 6) is 2.75. The molecule has 2 atom stereocenters. The summed E-state index contributed by atoms with van der Waals surface area (Å²) in [6.45, 7) is 6.73. The Labute approximate surface area is 216 Å². The van der Waals surface area contributed by atoms with Gasteiger partial charge in [0.05, 0.1) is 12.9 Å². The fraction of sp³-hybridized carbons (Fsp3) is 0.250. The van der Waals surface area contributed by atoms with E-state index in [0.29, 0.717) is 5.52 Å². The Balaban J connectivity index is 1.51. The van der Waals surface area contributed by atoms with Crippen molar-refractivity contribution in [2.75, 3.05) is 12.3 Å². The number of nitrogens with two attached hydrogens (primary N) is 1. The van der Waals surface area contributed by atoms with Crippen LogP contribution in [0.2, 0.25) is 5.04 Å². The summed E-state index contributed by atoms with van der Waals surface area (Å²) in [6.07, 6.45) is 9.52. The Morgan fingerprint density at radius 2 is 1.73 bits per heavy atom. The van der Waals surface area contributed by atoms with Crippen molar-refractivity contribution in [1.82, 2.24) is 19.5 Å². The Hall–Kier alpha value is -3.84. The van der Waals surface area contributed by atoms with Crippen LogP contribution in [0.1, 0.15) is 27.0 Å². The van der Waals surface area contributed by atoms with Crippen molar-refractivity contribution < 1.29 is 13.6 Å². The molecular weight excluding hydrogens is 485 g/mol. The molecular formula is C28H28FN5O2Si. The van der Waals surface area contributed by atoms with Crippen molar-refractivity contribution >= 4 is 35.7 Å². The van der Waals surface area contributed by atoms with Crippen molar-refractivity contribution in [3.63, 3.8) is 0 Å². The van der Waals surface area contributed by atoms with Crippen LogP contribution < -0.4 is 16.1 Å². The summed E-state index contributed by atoms with van der Waals surface area (Å²) in [5.41, 5.74) is 5.19. The van der Waals surface area contributed by atoms with Crippen molar-refractivity contribution in [3.05, 3.63) is 85.2 Å². The van der Waals surface area contributed by atoms with Crippen LogP contribution in [0.25, 0.3) is 11.2 Å². The second-order valence-electron chi connectivity index (χ2n) is 10.1. The lowest BCUT2D eigenvalue weighted by molar-refractivity contribution is -0.0435. The largest absolute Gasteiger partial charge is 0.403 e. The molecule has 0 spiro atoms. The summed E-state index contributed by atoms with van der Waals surface area (Å²) in [7, 11) is -2.84. The lowest BCUT2D eigenvalue weighted by atomic mass is 10.1. The molecule has 0 unspecified atom stereocenters. The van der Waals surface area contributed by atoms with Crippen LogP contribution in [-0.4, -0.2) is 40.0 Å². The molecule has 9 heteroatoms. The first-order chi connectivity index (χ1) is 17.7. The van der Waals surface area contributed by atoms with Crippen LogP contribution in [0, 0.1) is 18.4 Å². The van der Waals surface area contributed by atoms with Crippen molar-refractivity contribution in [3.8, 4) is 12.3 Å². The molecule has 4 aromatic rings. The van der Waals surface area contributed by atoms with Gasteiger partial charge in [0.2, 0.25) is 0 Å². The molecule has 1 aliphatic rings. The number of aromatic nitrogens is 4. The normalized spacial score (nSPS) is 19.8. The number of hydrogen-bond acceptors (Lipinski definition) is 6. The van der Waals surface area contributed by atoms with Crippen molar-refractivity contribution in [2.24, 2.45) is 0 Å².